The Balaban J connectivity index is -0.00000000604. The van der Waals surface area contributed by atoms with Crippen LogP contribution in [-0.2, 0) is 65.4 Å². The summed E-state index contributed by atoms with van der Waals surface area (Å²) in [5.41, 5.74) is 0.00926. The Kier molecular flexibility index (Phi) is 331. The number of amides is 1. The van der Waals surface area contributed by atoms with E-state index in [1.807, 2.05) is 34.4 Å². The fraction of sp³-hybridized carbons (Fsp3) is 0.700. The van der Waals surface area contributed by atoms with Crippen LogP contribution in [0.4, 0.5) is 4.79 Å². The van der Waals surface area contributed by atoms with E-state index in [9.17, 15) is 4.79 Å². The Morgan fingerprint density at radius 3 is 0.889 bits per heavy atom. The van der Waals surface area contributed by atoms with Crippen molar-refractivity contribution in [2.24, 2.45) is 0 Å². The Bertz CT molecular complexity index is 82.9. The average molecular weight is 489 g/mol. The van der Waals surface area contributed by atoms with Gasteiger partial charge < -0.3 is 19.8 Å². The largest absolute Gasteiger partial charge is 0.358 e. The Labute approximate surface area is 180 Å². The summed E-state index contributed by atoms with van der Waals surface area (Å²) in [6.07, 6.45) is 0. The van der Waals surface area contributed by atoms with Gasteiger partial charge in [-0.3, -0.25) is 4.79 Å². The predicted octanol–water partition coefficient (Wildman–Crippen LogP) is 4.10. The van der Waals surface area contributed by atoms with Gasteiger partial charge in [0.2, 0.25) is 5.65 Å². The zero-order chi connectivity index (χ0) is 11.2. The van der Waals surface area contributed by atoms with Crippen molar-refractivity contribution in [2.75, 3.05) is 20.8 Å². The van der Waals surface area contributed by atoms with Crippen molar-refractivity contribution in [2.45, 2.75) is 27.7 Å². The summed E-state index contributed by atoms with van der Waals surface area (Å²) in [6.45, 7) is 9.92. The summed E-state index contributed by atoms with van der Waals surface area (Å²) in [5, 5.41) is 0. The topological polar surface area (TPSA) is 20.3 Å². The van der Waals surface area contributed by atoms with E-state index in [2.05, 4.69) is 18.5 Å². The van der Waals surface area contributed by atoms with Gasteiger partial charge in [0, 0.05) is 79.5 Å². The van der Waals surface area contributed by atoms with Crippen molar-refractivity contribution in [3.05, 3.63) is 14.9 Å². The molecule has 0 spiro atoms. The summed E-state index contributed by atoms with van der Waals surface area (Å²) >= 11 is 0. The summed E-state index contributed by atoms with van der Waals surface area (Å²) in [5.74, 6) is 0. The molecule has 2 radical (unpaired) electrons. The minimum Gasteiger partial charge on any atom is -0.358 e. The first-order valence-electron chi connectivity index (χ1n) is 4.19. The van der Waals surface area contributed by atoms with Gasteiger partial charge in [-0.15, -0.1) is 9.24 Å². The van der Waals surface area contributed by atoms with E-state index < -0.39 is 0 Å². The SMILES string of the molecule is CC.CC.CN(C)C(=O)P.CP.P.P.[CH3-].[CH3-].[Y].[Y]. The van der Waals surface area contributed by atoms with Gasteiger partial charge in [0.1, 0.15) is 0 Å². The molecule has 0 bridgehead atoms. The molecule has 4 atom stereocenters. The van der Waals surface area contributed by atoms with E-state index in [1.54, 1.807) is 14.1 Å². The molecule has 0 aliphatic carbocycles. The summed E-state index contributed by atoms with van der Waals surface area (Å²) in [7, 11) is 7.88. The summed E-state index contributed by atoms with van der Waals surface area (Å²) < 4.78 is 0. The fourth-order valence-corrected chi connectivity index (χ4v) is 0. The zero-order valence-corrected chi connectivity index (χ0v) is 24.9. The second-order valence-electron chi connectivity index (χ2n) is 1.23. The molecule has 0 N–H and O–H groups in total. The monoisotopic (exact) mass is 489 g/mol. The van der Waals surface area contributed by atoms with Gasteiger partial charge >= 0.3 is 0 Å². The quantitative estimate of drug-likeness (QED) is 0.371. The molecular formula is C10H37NOP4Y2-2. The second-order valence-corrected chi connectivity index (χ2v) is 1.73. The number of rotatable bonds is 0. The second kappa shape index (κ2) is 86.9. The van der Waals surface area contributed by atoms with Crippen molar-refractivity contribution >= 4 is 43.9 Å². The van der Waals surface area contributed by atoms with Crippen molar-refractivity contribution in [1.29, 1.82) is 0 Å². The predicted molar refractivity (Wildman–Crippen MR) is 102 cm³/mol. The molecule has 0 aromatic rings. The molecule has 0 saturated heterocycles. The van der Waals surface area contributed by atoms with Crippen LogP contribution < -0.4 is 0 Å². The first-order valence-corrected chi connectivity index (χ1v) is 5.92. The first-order chi connectivity index (χ1) is 5.64. The maximum atomic E-state index is 10.0. The van der Waals surface area contributed by atoms with Crippen LogP contribution in [0.1, 0.15) is 27.7 Å². The van der Waals surface area contributed by atoms with E-state index in [0.717, 1.165) is 0 Å². The van der Waals surface area contributed by atoms with Crippen molar-refractivity contribution < 1.29 is 70.2 Å². The van der Waals surface area contributed by atoms with Crippen LogP contribution in [0, 0.1) is 14.9 Å². The standard InChI is InChI=1S/C3H8NOP.2C2H6.CH5P.2CH3.2H3P.2Y/c1-4(2)3(5)6;3*1-2;;;;;;/h6H2,1-2H3;2*1-2H3;2H2,1H3;4*1H3;;/q;;;;2*-1;;;;. The third kappa shape index (κ3) is 120. The van der Waals surface area contributed by atoms with Gasteiger partial charge in [-0.25, -0.2) is 0 Å². The smallest absolute Gasteiger partial charge is 0.236 e. The van der Waals surface area contributed by atoms with Crippen LogP contribution in [0.5, 0.6) is 0 Å². The molecule has 0 aliphatic heterocycles. The Morgan fingerprint density at radius 2 is 0.889 bits per heavy atom. The maximum absolute atomic E-state index is 10.0. The molecule has 0 rings (SSSR count). The van der Waals surface area contributed by atoms with Crippen molar-refractivity contribution in [1.82, 2.24) is 4.90 Å². The Hall–Kier alpha value is 3.40. The molecule has 0 saturated carbocycles. The first kappa shape index (κ1) is 68.5. The minimum atomic E-state index is 0. The number of carbonyl (C=O) groups excluding carboxylic acids is 1. The summed E-state index contributed by atoms with van der Waals surface area (Å²) in [6, 6.07) is 0. The molecule has 0 aromatic heterocycles. The molecule has 116 valence electrons. The molecule has 8 heteroatoms. The van der Waals surface area contributed by atoms with Crippen LogP contribution in [0.3, 0.4) is 0 Å². The molecule has 1 amide bonds. The van der Waals surface area contributed by atoms with E-state index in [-0.39, 0.29) is 106 Å². The average Bonchev–Trinajstić information content (AvgIpc) is 2.14. The molecule has 4 unspecified atom stereocenters. The van der Waals surface area contributed by atoms with E-state index in [1.165, 1.54) is 4.90 Å². The molecule has 0 aliphatic rings. The minimum absolute atomic E-state index is 0. The molecule has 0 fully saturated rings. The van der Waals surface area contributed by atoms with Crippen LogP contribution in [0.25, 0.3) is 0 Å². The molecule has 18 heavy (non-hydrogen) atoms. The number of hydrogen-bond donors (Lipinski definition) is 0. The number of hydrogen-bond acceptors (Lipinski definition) is 1. The zero-order valence-electron chi connectivity index (χ0n) is 14.1. The van der Waals surface area contributed by atoms with Gasteiger partial charge in [-0.2, -0.15) is 19.8 Å². The summed E-state index contributed by atoms with van der Waals surface area (Å²) in [4.78, 5) is 11.5. The maximum Gasteiger partial charge on any atom is 0.236 e. The van der Waals surface area contributed by atoms with Gasteiger partial charge in [0.25, 0.3) is 0 Å². The van der Waals surface area contributed by atoms with Gasteiger partial charge in [0.15, 0.2) is 0 Å². The van der Waals surface area contributed by atoms with Gasteiger partial charge in [-0.05, 0) is 9.24 Å². The fourth-order valence-electron chi connectivity index (χ4n) is 0. The third-order valence-corrected chi connectivity index (χ3v) is 0.957. The molecule has 0 aromatic carbocycles. The third-order valence-electron chi connectivity index (χ3n) is 0.441. The van der Waals surface area contributed by atoms with Crippen molar-refractivity contribution in [3.63, 3.8) is 0 Å². The van der Waals surface area contributed by atoms with Gasteiger partial charge in [-0.1, -0.05) is 34.4 Å². The van der Waals surface area contributed by atoms with Crippen LogP contribution in [0.15, 0.2) is 0 Å². The van der Waals surface area contributed by atoms with E-state index in [4.69, 9.17) is 0 Å². The van der Waals surface area contributed by atoms with E-state index >= 15 is 0 Å². The van der Waals surface area contributed by atoms with Crippen LogP contribution >= 0.6 is 38.3 Å². The molecular weight excluding hydrogens is 452 g/mol. The number of carbonyl (C=O) groups is 1. The van der Waals surface area contributed by atoms with Crippen LogP contribution in [0.2, 0.25) is 0 Å². The Morgan fingerprint density at radius 1 is 0.833 bits per heavy atom. The number of nitrogens with zero attached hydrogens (tertiary/aromatic N) is 1. The molecule has 2 nitrogen and oxygen atoms in total. The normalized spacial score (nSPS) is 3.61. The molecule has 0 heterocycles. The van der Waals surface area contributed by atoms with Crippen LogP contribution in [-0.4, -0.2) is 31.3 Å². The van der Waals surface area contributed by atoms with Gasteiger partial charge in [0.05, 0.1) is 0 Å². The van der Waals surface area contributed by atoms with E-state index in [0.29, 0.717) is 0 Å². The van der Waals surface area contributed by atoms with Crippen molar-refractivity contribution in [3.8, 4) is 0 Å².